The minimum Gasteiger partial charge on any atom is -0.456 e. The SMILES string of the molecule is c1ccc2cc(-c3nc(-c4ccc5oc6ccccc6c5c4)nc(-c4ccc(-c5cccc6oc7cc8ccccc8cc7c56)c5ccccc45)n3)ccc2c1.c1ccc2cc3c(cc2c1)oc1cccc(-c2ccc(-c4nc(-c5ccc6c(c5)oc5ccccc56)nc(-c5cccc6ccccc56)n4)c4ccccc24)c13. The lowest BCUT2D eigenvalue weighted by molar-refractivity contribution is 0.668. The summed E-state index contributed by atoms with van der Waals surface area (Å²) in [7, 11) is 0. The molecular formula is C102H58N6O4. The van der Waals surface area contributed by atoms with Gasteiger partial charge in [0.1, 0.15) is 44.7 Å². The predicted octanol–water partition coefficient (Wildman–Crippen LogP) is 27.6. The molecule has 0 saturated heterocycles. The second kappa shape index (κ2) is 25.2. The Balaban J connectivity index is 0.000000134. The highest BCUT2D eigenvalue weighted by Crippen LogP contribution is 2.46. The molecule has 6 heterocycles. The monoisotopic (exact) mass is 1430 g/mol. The van der Waals surface area contributed by atoms with Gasteiger partial charge in [0.25, 0.3) is 0 Å². The molecule has 6 aromatic heterocycles. The number of fused-ring (bicyclic) bond motifs is 18. The third kappa shape index (κ3) is 10.3. The van der Waals surface area contributed by atoms with E-state index in [1.807, 2.05) is 54.6 Å². The first kappa shape index (κ1) is 62.9. The predicted molar refractivity (Wildman–Crippen MR) is 457 cm³/mol. The van der Waals surface area contributed by atoms with Crippen molar-refractivity contribution in [3.8, 4) is 90.6 Å². The molecule has 0 bridgehead atoms. The van der Waals surface area contributed by atoms with E-state index in [4.69, 9.17) is 47.6 Å². The normalized spacial score (nSPS) is 11.9. The lowest BCUT2D eigenvalue weighted by Gasteiger charge is -2.14. The largest absolute Gasteiger partial charge is 0.456 e. The van der Waals surface area contributed by atoms with Crippen LogP contribution >= 0.6 is 0 Å². The van der Waals surface area contributed by atoms with E-state index in [9.17, 15) is 0 Å². The first-order chi connectivity index (χ1) is 55.4. The first-order valence-corrected chi connectivity index (χ1v) is 37.5. The Morgan fingerprint density at radius 3 is 1.03 bits per heavy atom. The van der Waals surface area contributed by atoms with Gasteiger partial charge in [0.2, 0.25) is 0 Å². The fourth-order valence-corrected chi connectivity index (χ4v) is 16.9. The maximum atomic E-state index is 6.48. The topological polar surface area (TPSA) is 130 Å². The average Bonchev–Trinajstić information content (AvgIpc) is 1.09. The number of para-hydroxylation sites is 2. The fraction of sp³-hybridized carbons (Fsp3) is 0. The fourth-order valence-electron chi connectivity index (χ4n) is 16.9. The lowest BCUT2D eigenvalue weighted by Crippen LogP contribution is -2.01. The van der Waals surface area contributed by atoms with Crippen LogP contribution in [-0.2, 0) is 0 Å². The van der Waals surface area contributed by atoms with E-state index in [1.165, 1.54) is 16.2 Å². The number of hydrogen-bond acceptors (Lipinski definition) is 10. The van der Waals surface area contributed by atoms with Crippen LogP contribution in [0.5, 0.6) is 0 Å². The van der Waals surface area contributed by atoms with Crippen molar-refractivity contribution < 1.29 is 17.7 Å². The van der Waals surface area contributed by atoms with Gasteiger partial charge < -0.3 is 17.7 Å². The molecular weight excluding hydrogens is 1370 g/mol. The van der Waals surface area contributed by atoms with Crippen molar-refractivity contribution in [1.29, 1.82) is 0 Å². The Bertz CT molecular complexity index is 8060. The Labute approximate surface area is 638 Å². The second-order valence-electron chi connectivity index (χ2n) is 28.7. The van der Waals surface area contributed by atoms with Crippen LogP contribution in [0, 0.1) is 0 Å². The second-order valence-corrected chi connectivity index (χ2v) is 28.7. The molecule has 0 aliphatic rings. The van der Waals surface area contributed by atoms with Crippen LogP contribution in [0.2, 0.25) is 0 Å². The van der Waals surface area contributed by atoms with Crippen LogP contribution in [0.1, 0.15) is 0 Å². The van der Waals surface area contributed by atoms with Crippen molar-refractivity contribution in [3.05, 3.63) is 352 Å². The van der Waals surface area contributed by atoms with Gasteiger partial charge in [0.05, 0.1) is 0 Å². The van der Waals surface area contributed by atoms with Crippen LogP contribution in [0.15, 0.2) is 370 Å². The highest BCUT2D eigenvalue weighted by Gasteiger charge is 2.24. The molecule has 0 aliphatic heterocycles. The van der Waals surface area contributed by atoms with E-state index in [2.05, 4.69) is 297 Å². The van der Waals surface area contributed by atoms with Gasteiger partial charge in [-0.1, -0.05) is 255 Å². The standard InChI is InChI=1S/2C51H29N3O2/c1-2-13-32-28-47-43(27-31(32)12-1)48-40(19-10-22-45(48)56-47)37-25-26-42(36-17-6-5-16-35(36)37)51-53-49(33-23-24-39-38-18-7-8-21-44(38)55-46(39)29-33)52-50(54-51)41-20-9-14-30-11-3-4-15-34(30)41;1-2-11-31-26-34(21-20-30(31)10-1)49-52-50(35-22-25-45-42(28-35)39-16-7-8-18-44(39)55-45)54-51(53-49)41-24-23-38(36-14-5-6-15-37(36)41)40-17-9-19-46-48(40)43-27-32-12-3-4-13-33(32)29-47(43)56-46/h2*1-29H. The zero-order valence-corrected chi connectivity index (χ0v) is 59.8. The summed E-state index contributed by atoms with van der Waals surface area (Å²) in [6.45, 7) is 0. The molecule has 10 nitrogen and oxygen atoms in total. The van der Waals surface area contributed by atoms with Gasteiger partial charge in [-0.25, -0.2) is 29.9 Å². The lowest BCUT2D eigenvalue weighted by atomic mass is 9.92. The van der Waals surface area contributed by atoms with Gasteiger partial charge >= 0.3 is 0 Å². The van der Waals surface area contributed by atoms with Gasteiger partial charge in [-0.15, -0.1) is 0 Å². The van der Waals surface area contributed by atoms with Crippen molar-refractivity contribution in [3.63, 3.8) is 0 Å². The molecule has 0 saturated carbocycles. The highest BCUT2D eigenvalue weighted by molar-refractivity contribution is 6.21. The van der Waals surface area contributed by atoms with E-state index >= 15 is 0 Å². The van der Waals surface area contributed by atoms with Crippen LogP contribution in [0.25, 0.3) is 243 Å². The molecule has 0 amide bonds. The molecule has 0 radical (unpaired) electrons. The molecule has 24 rings (SSSR count). The molecule has 520 valence electrons. The summed E-state index contributed by atoms with van der Waals surface area (Å²) in [6.07, 6.45) is 0. The number of rotatable bonds is 8. The van der Waals surface area contributed by atoms with E-state index in [0.29, 0.717) is 34.9 Å². The third-order valence-electron chi connectivity index (χ3n) is 22.2. The van der Waals surface area contributed by atoms with Crippen LogP contribution < -0.4 is 0 Å². The minimum absolute atomic E-state index is 0.579. The maximum Gasteiger partial charge on any atom is 0.164 e. The first-order valence-electron chi connectivity index (χ1n) is 37.5. The Morgan fingerprint density at radius 2 is 0.464 bits per heavy atom. The number of nitrogens with zero attached hydrogens (tertiary/aromatic N) is 6. The van der Waals surface area contributed by atoms with Crippen LogP contribution in [-0.4, -0.2) is 29.9 Å². The summed E-state index contributed by atoms with van der Waals surface area (Å²) < 4.78 is 25.4. The molecule has 112 heavy (non-hydrogen) atoms. The van der Waals surface area contributed by atoms with Gasteiger partial charge in [0.15, 0.2) is 34.9 Å². The molecule has 0 aliphatic carbocycles. The number of benzene rings is 18. The van der Waals surface area contributed by atoms with Crippen molar-refractivity contribution >= 4 is 152 Å². The quantitative estimate of drug-likeness (QED) is 0.145. The van der Waals surface area contributed by atoms with E-state index < -0.39 is 0 Å². The van der Waals surface area contributed by atoms with Gasteiger partial charge in [-0.05, 0) is 184 Å². The molecule has 10 heteroatoms. The maximum absolute atomic E-state index is 6.48. The number of aromatic nitrogens is 6. The van der Waals surface area contributed by atoms with E-state index in [-0.39, 0.29) is 0 Å². The Kier molecular flexibility index (Phi) is 14.1. The number of furan rings is 4. The van der Waals surface area contributed by atoms with Crippen LogP contribution in [0.3, 0.4) is 0 Å². The van der Waals surface area contributed by atoms with Crippen molar-refractivity contribution in [2.24, 2.45) is 0 Å². The molecule has 0 N–H and O–H groups in total. The van der Waals surface area contributed by atoms with Crippen molar-refractivity contribution in [1.82, 2.24) is 29.9 Å². The molecule has 0 unspecified atom stereocenters. The van der Waals surface area contributed by atoms with Crippen molar-refractivity contribution in [2.45, 2.75) is 0 Å². The number of hydrogen-bond donors (Lipinski definition) is 0. The summed E-state index contributed by atoms with van der Waals surface area (Å²) in [6, 6.07) is 122. The third-order valence-corrected chi connectivity index (χ3v) is 22.2. The molecule has 0 spiro atoms. The summed E-state index contributed by atoms with van der Waals surface area (Å²) >= 11 is 0. The summed E-state index contributed by atoms with van der Waals surface area (Å²) in [5.41, 5.74) is 16.8. The molecule has 18 aromatic carbocycles. The summed E-state index contributed by atoms with van der Waals surface area (Å²) in [5, 5.41) is 22.1. The Morgan fingerprint density at radius 1 is 0.143 bits per heavy atom. The van der Waals surface area contributed by atoms with Gasteiger partial charge in [-0.3, -0.25) is 0 Å². The van der Waals surface area contributed by atoms with E-state index in [0.717, 1.165) is 192 Å². The zero-order chi connectivity index (χ0) is 73.5. The summed E-state index contributed by atoms with van der Waals surface area (Å²) in [4.78, 5) is 31.2. The van der Waals surface area contributed by atoms with Gasteiger partial charge in [-0.2, -0.15) is 0 Å². The molecule has 24 aromatic rings. The minimum atomic E-state index is 0.579. The highest BCUT2D eigenvalue weighted by atomic mass is 16.3. The van der Waals surface area contributed by atoms with Crippen LogP contribution in [0.4, 0.5) is 0 Å². The summed E-state index contributed by atoms with van der Waals surface area (Å²) in [5.74, 6) is 3.61. The van der Waals surface area contributed by atoms with Crippen molar-refractivity contribution in [2.75, 3.05) is 0 Å². The van der Waals surface area contributed by atoms with E-state index in [1.54, 1.807) is 0 Å². The van der Waals surface area contributed by atoms with Gasteiger partial charge in [0, 0.05) is 76.5 Å². The Hall–Kier alpha value is -15.3. The smallest absolute Gasteiger partial charge is 0.164 e. The molecule has 0 atom stereocenters. The molecule has 0 fully saturated rings. The zero-order valence-electron chi connectivity index (χ0n) is 59.8. The average molecular weight is 1430 g/mol.